The number of amides is 1. The van der Waals surface area contributed by atoms with Gasteiger partial charge in [0, 0.05) is 12.1 Å². The number of carbonyl (C=O) groups excluding carboxylic acids is 1. The molecule has 0 radical (unpaired) electrons. The number of rotatable bonds is 5. The Morgan fingerprint density at radius 3 is 2.27 bits per heavy atom. The summed E-state index contributed by atoms with van der Waals surface area (Å²) in [4.78, 5) is 11.6. The van der Waals surface area contributed by atoms with Crippen LogP contribution < -0.4 is 5.32 Å². The van der Waals surface area contributed by atoms with Crippen molar-refractivity contribution in [3.8, 4) is 0 Å². The fraction of sp³-hybridized carbons (Fsp3) is 0.562. The molecule has 1 aromatic carbocycles. The summed E-state index contributed by atoms with van der Waals surface area (Å²) in [5.41, 5.74) is 0.867. The first kappa shape index (κ1) is 19.0. The zero-order valence-electron chi connectivity index (χ0n) is 14.2. The van der Waals surface area contributed by atoms with Gasteiger partial charge in [0.15, 0.2) is 14.4 Å². The quantitative estimate of drug-likeness (QED) is 0.784. The molecule has 22 heavy (non-hydrogen) atoms. The molecule has 1 amide bonds. The molecule has 0 unspecified atom stereocenters. The molecule has 4 nitrogen and oxygen atoms in total. The van der Waals surface area contributed by atoms with E-state index in [1.54, 1.807) is 12.1 Å². The number of nitrogens with one attached hydrogen (secondary N) is 1. The fourth-order valence-corrected chi connectivity index (χ4v) is 2.69. The van der Waals surface area contributed by atoms with Crippen molar-refractivity contribution in [3.05, 3.63) is 34.9 Å². The van der Waals surface area contributed by atoms with E-state index in [2.05, 4.69) is 39.2 Å². The van der Waals surface area contributed by atoms with Crippen molar-refractivity contribution in [1.82, 2.24) is 5.32 Å². The van der Waals surface area contributed by atoms with Gasteiger partial charge >= 0.3 is 6.09 Å². The number of hydrogen-bond donors (Lipinski definition) is 1. The maximum absolute atomic E-state index is 11.6. The lowest BCUT2D eigenvalue weighted by Gasteiger charge is -2.37. The summed E-state index contributed by atoms with van der Waals surface area (Å²) < 4.78 is 11.6. The highest BCUT2D eigenvalue weighted by atomic mass is 35.5. The van der Waals surface area contributed by atoms with Crippen LogP contribution in [0.3, 0.4) is 0 Å². The normalized spacial score (nSPS) is 13.6. The number of hydrogen-bond acceptors (Lipinski definition) is 3. The van der Waals surface area contributed by atoms with Gasteiger partial charge in [-0.2, -0.15) is 0 Å². The molecule has 124 valence electrons. The third kappa shape index (κ3) is 5.30. The number of alkyl carbamates (subject to hydrolysis) is 1. The zero-order valence-corrected chi connectivity index (χ0v) is 16.0. The number of ether oxygens (including phenoxy) is 1. The third-order valence-electron chi connectivity index (χ3n) is 4.10. The van der Waals surface area contributed by atoms with Gasteiger partial charge in [0.25, 0.3) is 0 Å². The molecule has 1 rings (SSSR count). The zero-order chi connectivity index (χ0) is 17.0. The van der Waals surface area contributed by atoms with Crippen LogP contribution in [-0.4, -0.2) is 28.1 Å². The SMILES string of the molecule is CNC(=O)O[C@@H](CO[Si](C)(C)C(C)(C)C)c1ccc(Cl)cc1. The summed E-state index contributed by atoms with van der Waals surface area (Å²) in [7, 11) is -0.373. The lowest BCUT2D eigenvalue weighted by atomic mass is 10.1. The Kier molecular flexibility index (Phi) is 6.46. The average molecular weight is 344 g/mol. The molecule has 0 aliphatic carbocycles. The molecule has 6 heteroatoms. The highest BCUT2D eigenvalue weighted by Gasteiger charge is 2.38. The van der Waals surface area contributed by atoms with E-state index >= 15 is 0 Å². The molecule has 0 aliphatic rings. The first-order valence-corrected chi connectivity index (χ1v) is 10.6. The van der Waals surface area contributed by atoms with E-state index in [1.165, 1.54) is 7.05 Å². The molecule has 0 saturated carbocycles. The highest BCUT2D eigenvalue weighted by molar-refractivity contribution is 6.74. The maximum Gasteiger partial charge on any atom is 0.407 e. The van der Waals surface area contributed by atoms with Gasteiger partial charge < -0.3 is 14.5 Å². The Morgan fingerprint density at radius 2 is 1.82 bits per heavy atom. The summed E-state index contributed by atoms with van der Waals surface area (Å²) in [6.07, 6.45) is -0.926. The Hall–Kier alpha value is -1.04. The summed E-state index contributed by atoms with van der Waals surface area (Å²) in [6, 6.07) is 7.27. The predicted molar refractivity (Wildman–Crippen MR) is 92.9 cm³/mol. The molecular formula is C16H26ClNO3Si. The number of benzene rings is 1. The molecule has 1 aromatic rings. The molecule has 0 aromatic heterocycles. The minimum Gasteiger partial charge on any atom is -0.439 e. The molecule has 0 heterocycles. The van der Waals surface area contributed by atoms with Gasteiger partial charge in [-0.3, -0.25) is 0 Å². The van der Waals surface area contributed by atoms with Crippen molar-refractivity contribution < 1.29 is 14.0 Å². The van der Waals surface area contributed by atoms with Gasteiger partial charge in [0.05, 0.1) is 6.61 Å². The van der Waals surface area contributed by atoms with Crippen molar-refractivity contribution in [2.24, 2.45) is 0 Å². The van der Waals surface area contributed by atoms with E-state index in [-0.39, 0.29) is 5.04 Å². The standard InChI is InChI=1S/C16H26ClNO3Si/c1-16(2,3)22(5,6)20-11-14(21-15(19)18-4)12-7-9-13(17)10-8-12/h7-10,14H,11H2,1-6H3,(H,18,19)/t14-/m0/s1. The van der Waals surface area contributed by atoms with E-state index in [0.717, 1.165) is 5.56 Å². The Bertz CT molecular complexity index is 497. The second-order valence-corrected chi connectivity index (χ2v) is 12.0. The smallest absolute Gasteiger partial charge is 0.407 e. The van der Waals surface area contributed by atoms with Gasteiger partial charge in [-0.1, -0.05) is 44.5 Å². The first-order valence-electron chi connectivity index (χ1n) is 7.34. The Morgan fingerprint density at radius 1 is 1.27 bits per heavy atom. The molecule has 0 bridgehead atoms. The predicted octanol–water partition coefficient (Wildman–Crippen LogP) is 4.76. The van der Waals surface area contributed by atoms with Crippen molar-refractivity contribution in [1.29, 1.82) is 0 Å². The molecule has 1 atom stereocenters. The van der Waals surface area contributed by atoms with Gasteiger partial charge in [0.2, 0.25) is 0 Å². The van der Waals surface area contributed by atoms with E-state index < -0.39 is 20.5 Å². The Labute approximate surface area is 139 Å². The van der Waals surface area contributed by atoms with Crippen molar-refractivity contribution in [2.75, 3.05) is 13.7 Å². The van der Waals surface area contributed by atoms with E-state index in [9.17, 15) is 4.79 Å². The summed E-state index contributed by atoms with van der Waals surface area (Å²) >= 11 is 5.91. The number of carbonyl (C=O) groups is 1. The Balaban J connectivity index is 2.87. The van der Waals surface area contributed by atoms with Gasteiger partial charge in [-0.15, -0.1) is 0 Å². The van der Waals surface area contributed by atoms with Crippen LogP contribution in [-0.2, 0) is 9.16 Å². The van der Waals surface area contributed by atoms with E-state index in [1.807, 2.05) is 12.1 Å². The van der Waals surface area contributed by atoms with Crippen LogP contribution in [0.25, 0.3) is 0 Å². The lowest BCUT2D eigenvalue weighted by Crippen LogP contribution is -2.42. The van der Waals surface area contributed by atoms with Gasteiger partial charge in [-0.25, -0.2) is 4.79 Å². The van der Waals surface area contributed by atoms with Crippen LogP contribution in [0.2, 0.25) is 23.2 Å². The van der Waals surface area contributed by atoms with Crippen LogP contribution in [0, 0.1) is 0 Å². The molecule has 0 fully saturated rings. The monoisotopic (exact) mass is 343 g/mol. The summed E-state index contributed by atoms with van der Waals surface area (Å²) in [5.74, 6) is 0. The largest absolute Gasteiger partial charge is 0.439 e. The third-order valence-corrected chi connectivity index (χ3v) is 8.85. The second-order valence-electron chi connectivity index (χ2n) is 6.77. The van der Waals surface area contributed by atoms with Crippen LogP contribution in [0.15, 0.2) is 24.3 Å². The first-order chi connectivity index (χ1) is 10.1. The van der Waals surface area contributed by atoms with Crippen LogP contribution in [0.5, 0.6) is 0 Å². The van der Waals surface area contributed by atoms with Crippen molar-refractivity contribution in [2.45, 2.75) is 45.0 Å². The van der Waals surface area contributed by atoms with Crippen LogP contribution in [0.1, 0.15) is 32.4 Å². The highest BCUT2D eigenvalue weighted by Crippen LogP contribution is 2.37. The van der Waals surface area contributed by atoms with E-state index in [4.69, 9.17) is 20.8 Å². The second kappa shape index (κ2) is 7.48. The molecular weight excluding hydrogens is 318 g/mol. The molecule has 0 spiro atoms. The minimum atomic E-state index is -1.91. The average Bonchev–Trinajstić information content (AvgIpc) is 2.43. The summed E-state index contributed by atoms with van der Waals surface area (Å²) in [6.45, 7) is 11.2. The van der Waals surface area contributed by atoms with E-state index in [0.29, 0.717) is 11.6 Å². The maximum atomic E-state index is 11.6. The van der Waals surface area contributed by atoms with Crippen LogP contribution in [0.4, 0.5) is 4.79 Å². The summed E-state index contributed by atoms with van der Waals surface area (Å²) in [5, 5.41) is 3.22. The number of halogens is 1. The lowest BCUT2D eigenvalue weighted by molar-refractivity contribution is 0.0617. The van der Waals surface area contributed by atoms with Gasteiger partial charge in [-0.05, 0) is 35.8 Å². The molecule has 1 N–H and O–H groups in total. The molecule has 0 aliphatic heterocycles. The van der Waals surface area contributed by atoms with Crippen molar-refractivity contribution >= 4 is 26.0 Å². The molecule has 0 saturated heterocycles. The van der Waals surface area contributed by atoms with Crippen molar-refractivity contribution in [3.63, 3.8) is 0 Å². The van der Waals surface area contributed by atoms with Crippen LogP contribution >= 0.6 is 11.6 Å². The van der Waals surface area contributed by atoms with Gasteiger partial charge in [0.1, 0.15) is 0 Å². The topological polar surface area (TPSA) is 47.6 Å². The fourth-order valence-electron chi connectivity index (χ4n) is 1.56. The minimum absolute atomic E-state index is 0.102.